The highest BCUT2D eigenvalue weighted by Crippen LogP contribution is 2.37. The predicted molar refractivity (Wildman–Crippen MR) is 126 cm³/mol. The predicted octanol–water partition coefficient (Wildman–Crippen LogP) is 6.22. The summed E-state index contributed by atoms with van der Waals surface area (Å²) in [5.74, 6) is 0.123. The van der Waals surface area contributed by atoms with E-state index in [1.54, 1.807) is 0 Å². The van der Waals surface area contributed by atoms with Gasteiger partial charge in [0.2, 0.25) is 0 Å². The van der Waals surface area contributed by atoms with E-state index >= 15 is 0 Å². The van der Waals surface area contributed by atoms with Crippen LogP contribution in [0.25, 0.3) is 11.4 Å². The second-order valence-corrected chi connectivity index (χ2v) is 9.14. The topological polar surface area (TPSA) is 49.3 Å². The lowest BCUT2D eigenvalue weighted by Crippen LogP contribution is -2.39. The fourth-order valence-corrected chi connectivity index (χ4v) is 4.08. The number of carbonyl (C=O) groups excluding carboxylic acids is 1. The molecule has 0 radical (unpaired) electrons. The van der Waals surface area contributed by atoms with Gasteiger partial charge in [0.15, 0.2) is 5.82 Å². The van der Waals surface area contributed by atoms with Crippen LogP contribution in [-0.2, 0) is 25.3 Å². The third-order valence-electron chi connectivity index (χ3n) is 6.30. The van der Waals surface area contributed by atoms with E-state index in [1.807, 2.05) is 56.1 Å². The fraction of sp³-hybridized carbons (Fsp3) is 0.346. The number of hydrogen-bond donors (Lipinski definition) is 0. The molecule has 0 spiro atoms. The number of amides is 1. The molecule has 0 unspecified atom stereocenters. The van der Waals surface area contributed by atoms with E-state index in [4.69, 9.17) is 4.98 Å². The average molecular weight is 522 g/mol. The third-order valence-corrected chi connectivity index (χ3v) is 6.30. The molecule has 0 fully saturated rings. The Hall–Kier alpha value is -3.63. The molecule has 0 N–H and O–H groups in total. The summed E-state index contributed by atoms with van der Waals surface area (Å²) < 4.78 is 79.9. The molecule has 4 rings (SSSR count). The van der Waals surface area contributed by atoms with Crippen LogP contribution in [0.3, 0.4) is 0 Å². The number of anilines is 1. The van der Waals surface area contributed by atoms with Gasteiger partial charge in [0, 0.05) is 42.7 Å². The molecule has 3 aromatic rings. The molecule has 11 heteroatoms. The minimum absolute atomic E-state index is 0.0108. The van der Waals surface area contributed by atoms with E-state index in [-0.39, 0.29) is 31.6 Å². The van der Waals surface area contributed by atoms with Gasteiger partial charge in [-0.1, -0.05) is 30.3 Å². The molecular weight excluding hydrogens is 498 g/mol. The summed E-state index contributed by atoms with van der Waals surface area (Å²) >= 11 is 0. The zero-order valence-corrected chi connectivity index (χ0v) is 20.3. The molecule has 37 heavy (non-hydrogen) atoms. The highest BCUT2D eigenvalue weighted by atomic mass is 19.4. The zero-order chi connectivity index (χ0) is 27.1. The Morgan fingerprint density at radius 2 is 1.54 bits per heavy atom. The van der Waals surface area contributed by atoms with E-state index < -0.39 is 35.0 Å². The Morgan fingerprint density at radius 3 is 2.08 bits per heavy atom. The second-order valence-electron chi connectivity index (χ2n) is 9.14. The number of alkyl halides is 6. The molecule has 0 bridgehead atoms. The lowest BCUT2D eigenvalue weighted by molar-refractivity contribution is -0.143. The van der Waals surface area contributed by atoms with Crippen LogP contribution in [0, 0.1) is 0 Å². The van der Waals surface area contributed by atoms with Gasteiger partial charge < -0.3 is 9.80 Å². The zero-order valence-electron chi connectivity index (χ0n) is 20.3. The largest absolute Gasteiger partial charge is 0.416 e. The summed E-state index contributed by atoms with van der Waals surface area (Å²) in [7, 11) is 1.82. The molecule has 196 valence electrons. The molecule has 1 aliphatic heterocycles. The maximum Gasteiger partial charge on any atom is 0.416 e. The first kappa shape index (κ1) is 26.4. The van der Waals surface area contributed by atoms with Gasteiger partial charge in [-0.05, 0) is 32.0 Å². The van der Waals surface area contributed by atoms with Crippen LogP contribution in [0.5, 0.6) is 0 Å². The van der Waals surface area contributed by atoms with E-state index in [0.29, 0.717) is 35.0 Å². The Bertz CT molecular complexity index is 1270. The molecule has 5 nitrogen and oxygen atoms in total. The van der Waals surface area contributed by atoms with Crippen molar-refractivity contribution in [3.8, 4) is 11.4 Å². The molecule has 1 amide bonds. The fourth-order valence-electron chi connectivity index (χ4n) is 4.08. The van der Waals surface area contributed by atoms with E-state index in [9.17, 15) is 31.1 Å². The number of aromatic nitrogens is 2. The van der Waals surface area contributed by atoms with Crippen molar-refractivity contribution in [2.45, 2.75) is 45.2 Å². The van der Waals surface area contributed by atoms with Crippen LogP contribution >= 0.6 is 0 Å². The molecule has 2 heterocycles. The molecule has 0 aliphatic carbocycles. The summed E-state index contributed by atoms with van der Waals surface area (Å²) in [4.78, 5) is 25.7. The first-order chi connectivity index (χ1) is 17.3. The molecule has 0 saturated heterocycles. The number of benzene rings is 2. The van der Waals surface area contributed by atoms with E-state index in [0.717, 1.165) is 5.56 Å². The highest BCUT2D eigenvalue weighted by Gasteiger charge is 2.38. The Labute approximate surface area is 209 Å². The van der Waals surface area contributed by atoms with Gasteiger partial charge in [-0.2, -0.15) is 26.3 Å². The number of hydrogen-bond acceptors (Lipinski definition) is 4. The first-order valence-electron chi connectivity index (χ1n) is 11.5. The smallest absolute Gasteiger partial charge is 0.357 e. The number of nitrogens with zero attached hydrogens (tertiary/aromatic N) is 4. The average Bonchev–Trinajstić information content (AvgIpc) is 2.86. The van der Waals surface area contributed by atoms with Crippen LogP contribution < -0.4 is 4.90 Å². The van der Waals surface area contributed by atoms with Crippen molar-refractivity contribution in [2.24, 2.45) is 0 Å². The van der Waals surface area contributed by atoms with Crippen molar-refractivity contribution < 1.29 is 31.1 Å². The second kappa shape index (κ2) is 9.68. The van der Waals surface area contributed by atoms with Crippen LogP contribution in [0.2, 0.25) is 0 Å². The number of rotatable bonds is 4. The minimum atomic E-state index is -5.04. The SMILES string of the molecule is CC(C)N(C)c1nc(-c2ccccc2)nc2c1CN(C(=O)c1cc(C(F)(F)F)cc(C(F)(F)F)c1)CC2. The minimum Gasteiger partial charge on any atom is -0.357 e. The molecule has 0 saturated carbocycles. The molecule has 1 aliphatic rings. The van der Waals surface area contributed by atoms with Crippen LogP contribution in [-0.4, -0.2) is 40.4 Å². The summed E-state index contributed by atoms with van der Waals surface area (Å²) in [5, 5.41) is 0. The van der Waals surface area contributed by atoms with Crippen molar-refractivity contribution in [1.29, 1.82) is 0 Å². The van der Waals surface area contributed by atoms with Crippen molar-refractivity contribution in [3.05, 3.63) is 76.5 Å². The quantitative estimate of drug-likeness (QED) is 0.382. The summed E-state index contributed by atoms with van der Waals surface area (Å²) in [6.07, 6.45) is -9.81. The standard InChI is InChI=1S/C26H24F6N4O/c1-15(2)35(3)23-20-14-36(10-9-21(20)33-22(34-23)16-7-5-4-6-8-16)24(37)17-11-18(25(27,28)29)13-19(12-17)26(30,31)32/h4-8,11-13,15H,9-10,14H2,1-3H3. The molecular formula is C26H24F6N4O. The maximum atomic E-state index is 13.3. The van der Waals surface area contributed by atoms with E-state index in [2.05, 4.69) is 4.98 Å². The van der Waals surface area contributed by atoms with Gasteiger partial charge in [-0.25, -0.2) is 9.97 Å². The van der Waals surface area contributed by atoms with Crippen molar-refractivity contribution in [1.82, 2.24) is 14.9 Å². The monoisotopic (exact) mass is 522 g/mol. The van der Waals surface area contributed by atoms with Gasteiger partial charge in [0.05, 0.1) is 23.4 Å². The van der Waals surface area contributed by atoms with Crippen LogP contribution in [0.4, 0.5) is 32.2 Å². The van der Waals surface area contributed by atoms with Crippen molar-refractivity contribution in [2.75, 3.05) is 18.5 Å². The normalized spacial score (nSPS) is 14.1. The maximum absolute atomic E-state index is 13.3. The molecule has 0 atom stereocenters. The summed E-state index contributed by atoms with van der Waals surface area (Å²) in [6, 6.07) is 10.3. The Morgan fingerprint density at radius 1 is 0.946 bits per heavy atom. The van der Waals surface area contributed by atoms with Gasteiger partial charge in [0.25, 0.3) is 5.91 Å². The van der Waals surface area contributed by atoms with Crippen LogP contribution in [0.15, 0.2) is 48.5 Å². The highest BCUT2D eigenvalue weighted by molar-refractivity contribution is 5.95. The van der Waals surface area contributed by atoms with Gasteiger partial charge in [-0.3, -0.25) is 4.79 Å². The van der Waals surface area contributed by atoms with E-state index in [1.165, 1.54) is 4.90 Å². The lowest BCUT2D eigenvalue weighted by Gasteiger charge is -2.33. The Balaban J connectivity index is 1.74. The van der Waals surface area contributed by atoms with Crippen molar-refractivity contribution in [3.63, 3.8) is 0 Å². The molecule has 1 aromatic heterocycles. The third kappa shape index (κ3) is 5.55. The van der Waals surface area contributed by atoms with Gasteiger partial charge >= 0.3 is 12.4 Å². The number of halogens is 6. The van der Waals surface area contributed by atoms with Crippen LogP contribution in [0.1, 0.15) is 46.6 Å². The summed E-state index contributed by atoms with van der Waals surface area (Å²) in [6.45, 7) is 3.93. The van der Waals surface area contributed by atoms with Gasteiger partial charge in [0.1, 0.15) is 5.82 Å². The Kier molecular flexibility index (Phi) is 6.91. The first-order valence-corrected chi connectivity index (χ1v) is 11.5. The lowest BCUT2D eigenvalue weighted by atomic mass is 10.0. The summed E-state index contributed by atoms with van der Waals surface area (Å²) in [5.41, 5.74) is -1.64. The molecule has 2 aromatic carbocycles. The van der Waals surface area contributed by atoms with Gasteiger partial charge in [-0.15, -0.1) is 0 Å². The number of fused-ring (bicyclic) bond motifs is 1. The number of carbonyl (C=O) groups is 1. The van der Waals surface area contributed by atoms with Crippen molar-refractivity contribution >= 4 is 11.7 Å².